The summed E-state index contributed by atoms with van der Waals surface area (Å²) in [5, 5.41) is 18.7. The van der Waals surface area contributed by atoms with Crippen molar-refractivity contribution >= 4 is 21.7 Å². The summed E-state index contributed by atoms with van der Waals surface area (Å²) in [6.07, 6.45) is -1.40. The number of anilines is 1. The summed E-state index contributed by atoms with van der Waals surface area (Å²) in [6, 6.07) is 13.0. The van der Waals surface area contributed by atoms with Crippen LogP contribution in [0.5, 0.6) is 5.75 Å². The van der Waals surface area contributed by atoms with Crippen LogP contribution in [0.25, 0.3) is 0 Å². The van der Waals surface area contributed by atoms with Gasteiger partial charge in [0.1, 0.15) is 18.0 Å². The zero-order valence-electron chi connectivity index (χ0n) is 15.4. The lowest BCUT2D eigenvalue weighted by Gasteiger charge is -2.36. The van der Waals surface area contributed by atoms with Crippen LogP contribution in [-0.4, -0.2) is 49.5 Å². The van der Waals surface area contributed by atoms with E-state index in [2.05, 4.69) is 4.72 Å². The summed E-state index contributed by atoms with van der Waals surface area (Å²) < 4.78 is 39.4. The summed E-state index contributed by atoms with van der Waals surface area (Å²) in [6.45, 7) is -0.293. The van der Waals surface area contributed by atoms with Gasteiger partial charge in [0, 0.05) is 17.2 Å². The number of hydrogen-bond acceptors (Lipinski definition) is 6. The van der Waals surface area contributed by atoms with E-state index < -0.39 is 34.3 Å². The SMILES string of the molecule is O=C(O)C[C@H]1C[C@H]2c3cc(NS(=O)(=O)c4ccccc4)ccc3O[C@H]2[C@@H](CO)O1. The highest BCUT2D eigenvalue weighted by atomic mass is 32.2. The average Bonchev–Trinajstić information content (AvgIpc) is 3.05. The molecule has 8 nitrogen and oxygen atoms in total. The average molecular weight is 419 g/mol. The molecule has 0 saturated carbocycles. The van der Waals surface area contributed by atoms with Crippen molar-refractivity contribution in [1.29, 1.82) is 0 Å². The maximum Gasteiger partial charge on any atom is 0.305 e. The van der Waals surface area contributed by atoms with Crippen molar-refractivity contribution in [3.8, 4) is 5.75 Å². The van der Waals surface area contributed by atoms with Gasteiger partial charge in [-0.05, 0) is 36.8 Å². The summed E-state index contributed by atoms with van der Waals surface area (Å²) in [4.78, 5) is 11.3. The molecular formula is C20H21NO7S. The lowest BCUT2D eigenvalue weighted by atomic mass is 9.84. The van der Waals surface area contributed by atoms with Gasteiger partial charge < -0.3 is 19.7 Å². The molecule has 0 amide bonds. The summed E-state index contributed by atoms with van der Waals surface area (Å²) >= 11 is 0. The number of aliphatic hydroxyl groups excluding tert-OH is 1. The van der Waals surface area contributed by atoms with Crippen LogP contribution in [0.4, 0.5) is 5.69 Å². The number of carboxylic acids is 1. The van der Waals surface area contributed by atoms with Gasteiger partial charge in [-0.3, -0.25) is 9.52 Å². The molecule has 0 aromatic heterocycles. The van der Waals surface area contributed by atoms with E-state index in [0.717, 1.165) is 5.56 Å². The van der Waals surface area contributed by atoms with E-state index in [1.807, 2.05) is 0 Å². The Labute approximate surface area is 168 Å². The van der Waals surface area contributed by atoms with Crippen LogP contribution in [0.1, 0.15) is 24.3 Å². The Morgan fingerprint density at radius 1 is 1.17 bits per heavy atom. The molecule has 154 valence electrons. The summed E-state index contributed by atoms with van der Waals surface area (Å²) in [7, 11) is -3.74. The minimum absolute atomic E-state index is 0.155. The lowest BCUT2D eigenvalue weighted by molar-refractivity contribution is -0.153. The van der Waals surface area contributed by atoms with Crippen LogP contribution in [-0.2, 0) is 19.6 Å². The fourth-order valence-electron chi connectivity index (χ4n) is 3.96. The second-order valence-corrected chi connectivity index (χ2v) is 8.86. The Morgan fingerprint density at radius 2 is 1.93 bits per heavy atom. The molecule has 0 aliphatic carbocycles. The Balaban J connectivity index is 1.60. The van der Waals surface area contributed by atoms with Crippen molar-refractivity contribution in [1.82, 2.24) is 0 Å². The van der Waals surface area contributed by atoms with Gasteiger partial charge in [-0.25, -0.2) is 8.42 Å². The predicted molar refractivity (Wildman–Crippen MR) is 103 cm³/mol. The van der Waals surface area contributed by atoms with Crippen molar-refractivity contribution in [3.63, 3.8) is 0 Å². The first-order chi connectivity index (χ1) is 13.9. The van der Waals surface area contributed by atoms with Gasteiger partial charge in [-0.2, -0.15) is 0 Å². The molecule has 29 heavy (non-hydrogen) atoms. The number of sulfonamides is 1. The number of carbonyl (C=O) groups is 1. The molecule has 1 saturated heterocycles. The molecule has 2 aromatic carbocycles. The van der Waals surface area contributed by atoms with Gasteiger partial charge in [0.15, 0.2) is 0 Å². The first-order valence-electron chi connectivity index (χ1n) is 9.24. The molecule has 0 spiro atoms. The molecule has 2 aromatic rings. The standard InChI is InChI=1S/C20H21NO7S/c22-11-18-20-16(9-13(27-18)10-19(23)24)15-8-12(6-7-17(15)28-20)21-29(25,26)14-4-2-1-3-5-14/h1-8,13,16,18,20-22H,9-11H2,(H,23,24)/t13-,16+,18-,20-/m1/s1. The largest absolute Gasteiger partial charge is 0.487 e. The summed E-state index contributed by atoms with van der Waals surface area (Å²) in [5.41, 5.74) is 1.17. The molecule has 9 heteroatoms. The number of aliphatic carboxylic acids is 1. The van der Waals surface area contributed by atoms with Crippen molar-refractivity contribution in [2.45, 2.75) is 42.0 Å². The van der Waals surface area contributed by atoms with Gasteiger partial charge in [0.2, 0.25) is 0 Å². The number of nitrogens with one attached hydrogen (secondary N) is 1. The predicted octanol–water partition coefficient (Wildman–Crippen LogP) is 1.96. The number of hydrogen-bond donors (Lipinski definition) is 3. The fourth-order valence-corrected chi connectivity index (χ4v) is 5.03. The number of aliphatic hydroxyl groups is 1. The minimum Gasteiger partial charge on any atom is -0.487 e. The Bertz CT molecular complexity index is 1010. The fraction of sp³-hybridized carbons (Fsp3) is 0.350. The first kappa shape index (κ1) is 19.7. The number of fused-ring (bicyclic) bond motifs is 3. The Kier molecular flexibility index (Phi) is 5.20. The number of ether oxygens (including phenoxy) is 2. The number of rotatable bonds is 6. The van der Waals surface area contributed by atoms with Crippen molar-refractivity contribution in [2.24, 2.45) is 0 Å². The van der Waals surface area contributed by atoms with E-state index in [-0.39, 0.29) is 23.8 Å². The molecule has 4 atom stereocenters. The highest BCUT2D eigenvalue weighted by molar-refractivity contribution is 7.92. The third-order valence-corrected chi connectivity index (χ3v) is 6.60. The van der Waals surface area contributed by atoms with Crippen molar-refractivity contribution < 1.29 is 32.9 Å². The molecule has 2 aliphatic heterocycles. The maximum atomic E-state index is 12.6. The zero-order chi connectivity index (χ0) is 20.6. The molecule has 4 rings (SSSR count). The quantitative estimate of drug-likeness (QED) is 0.654. The third-order valence-electron chi connectivity index (χ3n) is 5.21. The Morgan fingerprint density at radius 3 is 2.62 bits per heavy atom. The number of carboxylic acid groups (broad SMARTS) is 1. The molecular weight excluding hydrogens is 398 g/mol. The monoisotopic (exact) mass is 419 g/mol. The second-order valence-electron chi connectivity index (χ2n) is 7.17. The molecule has 0 bridgehead atoms. The Hall–Kier alpha value is -2.62. The van der Waals surface area contributed by atoms with Crippen molar-refractivity contribution in [3.05, 3.63) is 54.1 Å². The maximum absolute atomic E-state index is 12.6. The summed E-state index contributed by atoms with van der Waals surface area (Å²) in [5.74, 6) is -0.587. The minimum atomic E-state index is -3.74. The third kappa shape index (κ3) is 3.93. The van der Waals surface area contributed by atoms with Gasteiger partial charge in [0.25, 0.3) is 10.0 Å². The van der Waals surface area contributed by atoms with Gasteiger partial charge >= 0.3 is 5.97 Å². The van der Waals surface area contributed by atoms with Crippen LogP contribution < -0.4 is 9.46 Å². The molecule has 1 fully saturated rings. The first-order valence-corrected chi connectivity index (χ1v) is 10.7. The van der Waals surface area contributed by atoms with Gasteiger partial charge in [-0.1, -0.05) is 18.2 Å². The van der Waals surface area contributed by atoms with E-state index in [4.69, 9.17) is 14.6 Å². The molecule has 2 heterocycles. The topological polar surface area (TPSA) is 122 Å². The highest BCUT2D eigenvalue weighted by Crippen LogP contribution is 2.47. The molecule has 3 N–H and O–H groups in total. The van der Waals surface area contributed by atoms with E-state index in [1.54, 1.807) is 36.4 Å². The molecule has 0 unspecified atom stereocenters. The van der Waals surface area contributed by atoms with Crippen molar-refractivity contribution in [2.75, 3.05) is 11.3 Å². The van der Waals surface area contributed by atoms with Gasteiger partial charge in [-0.15, -0.1) is 0 Å². The van der Waals surface area contributed by atoms with E-state index in [0.29, 0.717) is 17.9 Å². The van der Waals surface area contributed by atoms with E-state index in [1.165, 1.54) is 12.1 Å². The van der Waals surface area contributed by atoms with Crippen LogP contribution in [0, 0.1) is 0 Å². The number of benzene rings is 2. The zero-order valence-corrected chi connectivity index (χ0v) is 16.2. The molecule has 2 aliphatic rings. The normalized spacial score (nSPS) is 25.6. The second kappa shape index (κ2) is 7.66. The van der Waals surface area contributed by atoms with Crippen LogP contribution in [0.15, 0.2) is 53.4 Å². The van der Waals surface area contributed by atoms with Crippen LogP contribution in [0.2, 0.25) is 0 Å². The van der Waals surface area contributed by atoms with Crippen LogP contribution >= 0.6 is 0 Å². The van der Waals surface area contributed by atoms with E-state index in [9.17, 15) is 18.3 Å². The van der Waals surface area contributed by atoms with Gasteiger partial charge in [0.05, 0.1) is 24.0 Å². The lowest BCUT2D eigenvalue weighted by Crippen LogP contribution is -2.46. The molecule has 0 radical (unpaired) electrons. The smallest absolute Gasteiger partial charge is 0.305 e. The van der Waals surface area contributed by atoms with Crippen LogP contribution in [0.3, 0.4) is 0 Å². The van der Waals surface area contributed by atoms with E-state index >= 15 is 0 Å². The highest BCUT2D eigenvalue weighted by Gasteiger charge is 2.46.